The molecule has 2 rings (SSSR count). The number of benzene rings is 1. The van der Waals surface area contributed by atoms with E-state index in [2.05, 4.69) is 20.7 Å². The van der Waals surface area contributed by atoms with Crippen LogP contribution in [-0.4, -0.2) is 37.8 Å². The molecule has 1 aliphatic rings. The van der Waals surface area contributed by atoms with Crippen LogP contribution in [0.4, 0.5) is 0 Å². The summed E-state index contributed by atoms with van der Waals surface area (Å²) in [6.45, 7) is 0.0364. The van der Waals surface area contributed by atoms with Crippen molar-refractivity contribution in [1.29, 1.82) is 0 Å². The number of carboxylic acids is 1. The summed E-state index contributed by atoms with van der Waals surface area (Å²) in [6, 6.07) is 2.26. The van der Waals surface area contributed by atoms with Gasteiger partial charge in [-0.2, -0.15) is 0 Å². The molecule has 9 heteroatoms. The Balaban J connectivity index is 2.30. The highest BCUT2D eigenvalue weighted by Crippen LogP contribution is 2.44. The van der Waals surface area contributed by atoms with Crippen molar-refractivity contribution in [2.75, 3.05) is 13.2 Å². The number of aliphatic hydroxyl groups is 1. The van der Waals surface area contributed by atoms with Gasteiger partial charge in [0.05, 0.1) is 15.5 Å². The van der Waals surface area contributed by atoms with Crippen molar-refractivity contribution in [3.8, 4) is 0 Å². The van der Waals surface area contributed by atoms with Crippen LogP contribution in [-0.2, 0) is 10.0 Å². The third-order valence-electron chi connectivity index (χ3n) is 3.47. The predicted octanol–water partition coefficient (Wildman–Crippen LogP) is 1.85. The van der Waals surface area contributed by atoms with Gasteiger partial charge in [0.2, 0.25) is 10.0 Å². The molecule has 0 unspecified atom stereocenters. The monoisotopic (exact) mass is 397 g/mol. The summed E-state index contributed by atoms with van der Waals surface area (Å²) >= 11 is 8.86. The van der Waals surface area contributed by atoms with E-state index in [9.17, 15) is 18.3 Å². The molecule has 0 atom stereocenters. The molecular formula is C12H13BrClNO5S. The van der Waals surface area contributed by atoms with Crippen LogP contribution < -0.4 is 4.72 Å². The van der Waals surface area contributed by atoms with E-state index in [1.54, 1.807) is 0 Å². The Labute approximate surface area is 135 Å². The molecule has 0 aromatic heterocycles. The van der Waals surface area contributed by atoms with Crippen molar-refractivity contribution in [3.63, 3.8) is 0 Å². The highest BCUT2D eigenvalue weighted by Gasteiger charge is 2.42. The fraction of sp³-hybridized carbons (Fsp3) is 0.417. The lowest BCUT2D eigenvalue weighted by Crippen LogP contribution is -2.32. The second-order valence-corrected chi connectivity index (χ2v) is 8.05. The zero-order valence-electron chi connectivity index (χ0n) is 10.8. The summed E-state index contributed by atoms with van der Waals surface area (Å²) in [6.07, 6.45) is 1.52. The number of nitrogens with one attached hydrogen (secondary N) is 1. The van der Waals surface area contributed by atoms with Crippen molar-refractivity contribution >= 4 is 43.5 Å². The van der Waals surface area contributed by atoms with Crippen LogP contribution in [0.15, 0.2) is 21.5 Å². The van der Waals surface area contributed by atoms with E-state index in [0.717, 1.165) is 18.9 Å². The summed E-state index contributed by atoms with van der Waals surface area (Å²) in [5.74, 6) is -1.31. The lowest BCUT2D eigenvalue weighted by Gasteiger charge is -2.14. The Bertz CT molecular complexity index is 687. The van der Waals surface area contributed by atoms with Gasteiger partial charge >= 0.3 is 5.97 Å². The van der Waals surface area contributed by atoms with Gasteiger partial charge in [-0.05, 0) is 40.9 Å². The summed E-state index contributed by atoms with van der Waals surface area (Å²) in [5.41, 5.74) is -0.679. The normalized spacial score (nSPS) is 16.7. The third kappa shape index (κ3) is 3.57. The molecule has 0 spiro atoms. The molecule has 21 heavy (non-hydrogen) atoms. The van der Waals surface area contributed by atoms with Gasteiger partial charge in [-0.25, -0.2) is 17.9 Å². The predicted molar refractivity (Wildman–Crippen MR) is 80.1 cm³/mol. The number of carboxylic acid groups (broad SMARTS) is 1. The maximum atomic E-state index is 12.2. The standard InChI is InChI=1S/C12H13BrClNO5S/c13-9-4-7(3-8(10(9)14)11(17)18)21(19,20)15-5-12(6-16)1-2-12/h3-4,15-16H,1-2,5-6H2,(H,17,18). The van der Waals surface area contributed by atoms with Gasteiger partial charge < -0.3 is 10.2 Å². The summed E-state index contributed by atoms with van der Waals surface area (Å²) in [7, 11) is -3.87. The zero-order chi connectivity index (χ0) is 15.8. The molecule has 1 saturated carbocycles. The average molecular weight is 399 g/mol. The Morgan fingerprint density at radius 2 is 2.05 bits per heavy atom. The maximum absolute atomic E-state index is 12.2. The SMILES string of the molecule is O=C(O)c1cc(S(=O)(=O)NCC2(CO)CC2)cc(Br)c1Cl. The Hall–Kier alpha value is -0.670. The van der Waals surface area contributed by atoms with Gasteiger partial charge in [-0.15, -0.1) is 0 Å². The van der Waals surface area contributed by atoms with Crippen LogP contribution in [0.1, 0.15) is 23.2 Å². The van der Waals surface area contributed by atoms with Crippen LogP contribution in [0.2, 0.25) is 5.02 Å². The number of sulfonamides is 1. The molecule has 0 bridgehead atoms. The smallest absolute Gasteiger partial charge is 0.337 e. The molecule has 1 aromatic rings. The molecule has 0 amide bonds. The molecule has 3 N–H and O–H groups in total. The first kappa shape index (κ1) is 16.7. The highest BCUT2D eigenvalue weighted by molar-refractivity contribution is 9.10. The molecule has 0 aliphatic heterocycles. The van der Waals surface area contributed by atoms with Gasteiger partial charge in [-0.3, -0.25) is 0 Å². The van der Waals surface area contributed by atoms with Crippen molar-refractivity contribution in [1.82, 2.24) is 4.72 Å². The van der Waals surface area contributed by atoms with E-state index in [4.69, 9.17) is 16.7 Å². The zero-order valence-corrected chi connectivity index (χ0v) is 13.9. The second kappa shape index (κ2) is 5.85. The Kier molecular flexibility index (Phi) is 4.65. The van der Waals surface area contributed by atoms with Gasteiger partial charge in [0.15, 0.2) is 0 Å². The van der Waals surface area contributed by atoms with E-state index in [-0.39, 0.29) is 38.5 Å². The van der Waals surface area contributed by atoms with E-state index in [0.29, 0.717) is 0 Å². The largest absolute Gasteiger partial charge is 0.478 e. The van der Waals surface area contributed by atoms with E-state index in [1.165, 1.54) is 6.07 Å². The van der Waals surface area contributed by atoms with Gasteiger partial charge in [0.1, 0.15) is 0 Å². The van der Waals surface area contributed by atoms with Gasteiger partial charge in [0, 0.05) is 23.0 Å². The fourth-order valence-electron chi connectivity index (χ4n) is 1.77. The first-order valence-electron chi connectivity index (χ1n) is 6.04. The maximum Gasteiger partial charge on any atom is 0.337 e. The molecule has 1 aromatic carbocycles. The van der Waals surface area contributed by atoms with Crippen molar-refractivity contribution in [3.05, 3.63) is 27.2 Å². The molecule has 1 aliphatic carbocycles. The minimum absolute atomic E-state index is 0.0597. The van der Waals surface area contributed by atoms with Crippen molar-refractivity contribution < 1.29 is 23.4 Å². The molecule has 0 saturated heterocycles. The topological polar surface area (TPSA) is 104 Å². The quantitative estimate of drug-likeness (QED) is 0.678. The first-order chi connectivity index (χ1) is 9.71. The number of hydrogen-bond donors (Lipinski definition) is 3. The lowest BCUT2D eigenvalue weighted by atomic mass is 10.1. The number of halogens is 2. The van der Waals surface area contributed by atoms with Gasteiger partial charge in [0.25, 0.3) is 0 Å². The highest BCUT2D eigenvalue weighted by atomic mass is 79.9. The fourth-order valence-corrected chi connectivity index (χ4v) is 3.78. The molecule has 6 nitrogen and oxygen atoms in total. The van der Waals surface area contributed by atoms with Crippen LogP contribution in [0.3, 0.4) is 0 Å². The number of hydrogen-bond acceptors (Lipinski definition) is 4. The van der Waals surface area contributed by atoms with E-state index < -0.39 is 16.0 Å². The number of rotatable bonds is 6. The molecular weight excluding hydrogens is 386 g/mol. The van der Waals surface area contributed by atoms with E-state index >= 15 is 0 Å². The Morgan fingerprint density at radius 1 is 1.43 bits per heavy atom. The molecule has 0 radical (unpaired) electrons. The van der Waals surface area contributed by atoms with Crippen LogP contribution in [0.25, 0.3) is 0 Å². The lowest BCUT2D eigenvalue weighted by molar-refractivity contribution is 0.0696. The second-order valence-electron chi connectivity index (χ2n) is 5.05. The molecule has 0 heterocycles. The Morgan fingerprint density at radius 3 is 2.52 bits per heavy atom. The van der Waals surface area contributed by atoms with Crippen LogP contribution >= 0.6 is 27.5 Å². The third-order valence-corrected chi connectivity index (χ3v) is 6.11. The van der Waals surface area contributed by atoms with E-state index in [1.807, 2.05) is 0 Å². The molecule has 116 valence electrons. The average Bonchev–Trinajstić information content (AvgIpc) is 3.20. The molecule has 1 fully saturated rings. The number of aromatic carboxylic acids is 1. The van der Waals surface area contributed by atoms with Crippen molar-refractivity contribution in [2.24, 2.45) is 5.41 Å². The number of aliphatic hydroxyl groups excluding tert-OH is 1. The first-order valence-corrected chi connectivity index (χ1v) is 8.69. The number of carbonyl (C=O) groups is 1. The minimum Gasteiger partial charge on any atom is -0.478 e. The minimum atomic E-state index is -3.87. The van der Waals surface area contributed by atoms with Crippen LogP contribution in [0.5, 0.6) is 0 Å². The summed E-state index contributed by atoms with van der Waals surface area (Å²) < 4.78 is 27.0. The van der Waals surface area contributed by atoms with Crippen LogP contribution in [0, 0.1) is 5.41 Å². The summed E-state index contributed by atoms with van der Waals surface area (Å²) in [4.78, 5) is 10.9. The van der Waals surface area contributed by atoms with Crippen molar-refractivity contribution in [2.45, 2.75) is 17.7 Å². The van der Waals surface area contributed by atoms with Gasteiger partial charge in [-0.1, -0.05) is 11.6 Å². The summed E-state index contributed by atoms with van der Waals surface area (Å²) in [5, 5.41) is 18.2.